The van der Waals surface area contributed by atoms with Gasteiger partial charge in [0.05, 0.1) is 12.3 Å². The summed E-state index contributed by atoms with van der Waals surface area (Å²) in [5.41, 5.74) is 2.08. The molecule has 0 heterocycles. The molecular weight excluding hydrogens is 272 g/mol. The molecule has 0 fully saturated rings. The Hall–Kier alpha value is -2.08. The molecule has 0 spiro atoms. The van der Waals surface area contributed by atoms with Crippen LogP contribution in [0.4, 0.5) is 0 Å². The van der Waals surface area contributed by atoms with Crippen molar-refractivity contribution in [1.29, 1.82) is 0 Å². The van der Waals surface area contributed by atoms with Crippen molar-refractivity contribution in [3.05, 3.63) is 29.3 Å². The van der Waals surface area contributed by atoms with Gasteiger partial charge in [0.25, 0.3) is 5.91 Å². The van der Waals surface area contributed by atoms with Crippen molar-refractivity contribution in [3.8, 4) is 5.75 Å². The summed E-state index contributed by atoms with van der Waals surface area (Å²) in [7, 11) is 1.58. The number of oxime groups is 1. The molecule has 0 saturated carbocycles. The SMILES string of the molecule is COCC(C)NC(=O)COc1cc(C)ccc1C(C)=NO. The van der Waals surface area contributed by atoms with Crippen LogP contribution in [0.25, 0.3) is 0 Å². The highest BCUT2D eigenvalue weighted by Gasteiger charge is 2.11. The van der Waals surface area contributed by atoms with Gasteiger partial charge in [-0.2, -0.15) is 0 Å². The zero-order valence-electron chi connectivity index (χ0n) is 12.8. The normalized spacial score (nSPS) is 12.9. The molecule has 0 saturated heterocycles. The van der Waals surface area contributed by atoms with E-state index in [1.807, 2.05) is 19.9 Å². The first kappa shape index (κ1) is 17.0. The summed E-state index contributed by atoms with van der Waals surface area (Å²) in [4.78, 5) is 11.8. The molecule has 2 N–H and O–H groups in total. The van der Waals surface area contributed by atoms with Crippen LogP contribution in [0.5, 0.6) is 5.75 Å². The second kappa shape index (κ2) is 8.26. The van der Waals surface area contributed by atoms with Crippen LogP contribution in [0.2, 0.25) is 0 Å². The van der Waals surface area contributed by atoms with Crippen LogP contribution in [0.15, 0.2) is 23.4 Å². The topological polar surface area (TPSA) is 80.2 Å². The number of hydrogen-bond donors (Lipinski definition) is 2. The van der Waals surface area contributed by atoms with E-state index in [-0.39, 0.29) is 18.6 Å². The molecule has 1 aromatic carbocycles. The maximum atomic E-state index is 11.8. The Morgan fingerprint density at radius 2 is 2.19 bits per heavy atom. The molecule has 0 aliphatic carbocycles. The molecule has 1 aromatic rings. The number of carbonyl (C=O) groups excluding carboxylic acids is 1. The smallest absolute Gasteiger partial charge is 0.258 e. The average Bonchev–Trinajstić information content (AvgIpc) is 2.44. The number of carbonyl (C=O) groups is 1. The minimum Gasteiger partial charge on any atom is -0.483 e. The Morgan fingerprint density at radius 3 is 2.81 bits per heavy atom. The Labute approximate surface area is 124 Å². The third-order valence-corrected chi connectivity index (χ3v) is 2.86. The van der Waals surface area contributed by atoms with Gasteiger partial charge in [-0.15, -0.1) is 0 Å². The van der Waals surface area contributed by atoms with Crippen LogP contribution in [0.3, 0.4) is 0 Å². The van der Waals surface area contributed by atoms with Gasteiger partial charge in [-0.25, -0.2) is 0 Å². The molecule has 6 heteroatoms. The summed E-state index contributed by atoms with van der Waals surface area (Å²) in [6, 6.07) is 5.40. The van der Waals surface area contributed by atoms with E-state index >= 15 is 0 Å². The number of nitrogens with zero attached hydrogens (tertiary/aromatic N) is 1. The number of aryl methyl sites for hydroxylation is 1. The van der Waals surface area contributed by atoms with E-state index in [0.29, 0.717) is 23.6 Å². The Kier molecular flexibility index (Phi) is 6.68. The van der Waals surface area contributed by atoms with Gasteiger partial charge in [0, 0.05) is 18.7 Å². The lowest BCUT2D eigenvalue weighted by Gasteiger charge is -2.15. The van der Waals surface area contributed by atoms with Gasteiger partial charge in [-0.3, -0.25) is 4.79 Å². The Balaban J connectivity index is 2.70. The fourth-order valence-electron chi connectivity index (χ4n) is 1.85. The van der Waals surface area contributed by atoms with Gasteiger partial charge >= 0.3 is 0 Å². The van der Waals surface area contributed by atoms with E-state index in [0.717, 1.165) is 5.56 Å². The largest absolute Gasteiger partial charge is 0.483 e. The summed E-state index contributed by atoms with van der Waals surface area (Å²) >= 11 is 0. The molecule has 0 aliphatic heterocycles. The molecule has 0 aliphatic rings. The van der Waals surface area contributed by atoms with Crippen LogP contribution < -0.4 is 10.1 Å². The number of ether oxygens (including phenoxy) is 2. The van der Waals surface area contributed by atoms with Crippen molar-refractivity contribution in [1.82, 2.24) is 5.32 Å². The molecule has 1 atom stereocenters. The molecule has 0 radical (unpaired) electrons. The van der Waals surface area contributed by atoms with Crippen LogP contribution in [-0.2, 0) is 9.53 Å². The van der Waals surface area contributed by atoms with E-state index < -0.39 is 0 Å². The second-order valence-corrected chi connectivity index (χ2v) is 4.90. The first-order valence-corrected chi connectivity index (χ1v) is 6.68. The maximum absolute atomic E-state index is 11.8. The van der Waals surface area contributed by atoms with Gasteiger partial charge in [-0.1, -0.05) is 11.2 Å². The van der Waals surface area contributed by atoms with Crippen LogP contribution in [-0.4, -0.2) is 43.2 Å². The van der Waals surface area contributed by atoms with Crippen LogP contribution in [0, 0.1) is 6.92 Å². The molecule has 0 bridgehead atoms. The zero-order chi connectivity index (χ0) is 15.8. The minimum absolute atomic E-state index is 0.0798. The fraction of sp³-hybridized carbons (Fsp3) is 0.467. The highest BCUT2D eigenvalue weighted by molar-refractivity contribution is 6.00. The molecular formula is C15H22N2O4. The molecule has 0 aromatic heterocycles. The number of hydrogen-bond acceptors (Lipinski definition) is 5. The first-order valence-electron chi connectivity index (χ1n) is 6.68. The minimum atomic E-state index is -0.231. The van der Waals surface area contributed by atoms with E-state index in [1.165, 1.54) is 0 Å². The molecule has 1 amide bonds. The zero-order valence-corrected chi connectivity index (χ0v) is 12.8. The summed E-state index contributed by atoms with van der Waals surface area (Å²) in [6.45, 7) is 5.77. The third-order valence-electron chi connectivity index (χ3n) is 2.86. The molecule has 1 unspecified atom stereocenters. The third kappa shape index (κ3) is 5.43. The summed E-state index contributed by atoms with van der Waals surface area (Å²) < 4.78 is 10.5. The van der Waals surface area contributed by atoms with Crippen molar-refractivity contribution in [2.45, 2.75) is 26.8 Å². The Morgan fingerprint density at radius 1 is 1.48 bits per heavy atom. The van der Waals surface area contributed by atoms with Gasteiger partial charge in [0.15, 0.2) is 6.61 Å². The van der Waals surface area contributed by atoms with Gasteiger partial charge in [-0.05, 0) is 38.5 Å². The van der Waals surface area contributed by atoms with Crippen molar-refractivity contribution in [2.24, 2.45) is 5.16 Å². The van der Waals surface area contributed by atoms with Crippen molar-refractivity contribution in [2.75, 3.05) is 20.3 Å². The summed E-state index contributed by atoms with van der Waals surface area (Å²) in [6.07, 6.45) is 0. The maximum Gasteiger partial charge on any atom is 0.258 e. The highest BCUT2D eigenvalue weighted by Crippen LogP contribution is 2.21. The highest BCUT2D eigenvalue weighted by atomic mass is 16.5. The average molecular weight is 294 g/mol. The lowest BCUT2D eigenvalue weighted by atomic mass is 10.1. The van der Waals surface area contributed by atoms with Crippen molar-refractivity contribution in [3.63, 3.8) is 0 Å². The monoisotopic (exact) mass is 294 g/mol. The summed E-state index contributed by atoms with van der Waals surface area (Å²) in [5.74, 6) is 0.283. The predicted molar refractivity (Wildman–Crippen MR) is 80.2 cm³/mol. The van der Waals surface area contributed by atoms with Gasteiger partial charge < -0.3 is 20.0 Å². The standard InChI is InChI=1S/C15H22N2O4/c1-10-5-6-13(12(3)17-19)14(7-10)21-9-15(18)16-11(2)8-20-4/h5-7,11,19H,8-9H2,1-4H3,(H,16,18). The van der Waals surface area contributed by atoms with Gasteiger partial charge in [0.1, 0.15) is 5.75 Å². The molecule has 116 valence electrons. The quantitative estimate of drug-likeness (QED) is 0.456. The van der Waals surface area contributed by atoms with Crippen molar-refractivity contribution >= 4 is 11.6 Å². The van der Waals surface area contributed by atoms with E-state index in [9.17, 15) is 4.79 Å². The van der Waals surface area contributed by atoms with Crippen molar-refractivity contribution < 1.29 is 19.5 Å². The fourth-order valence-corrected chi connectivity index (χ4v) is 1.85. The van der Waals surface area contributed by atoms with Crippen LogP contribution >= 0.6 is 0 Å². The number of nitrogens with one attached hydrogen (secondary N) is 1. The number of amides is 1. The Bertz CT molecular complexity index is 514. The van der Waals surface area contributed by atoms with E-state index in [1.54, 1.807) is 26.2 Å². The molecule has 1 rings (SSSR count). The second-order valence-electron chi connectivity index (χ2n) is 4.90. The van der Waals surface area contributed by atoms with Gasteiger partial charge in [0.2, 0.25) is 0 Å². The number of benzene rings is 1. The lowest BCUT2D eigenvalue weighted by molar-refractivity contribution is -0.124. The summed E-state index contributed by atoms with van der Waals surface area (Å²) in [5, 5.41) is 14.8. The predicted octanol–water partition coefficient (Wildman–Crippen LogP) is 1.72. The first-order chi connectivity index (χ1) is 9.97. The van der Waals surface area contributed by atoms with Crippen LogP contribution in [0.1, 0.15) is 25.0 Å². The number of rotatable bonds is 7. The van der Waals surface area contributed by atoms with E-state index in [4.69, 9.17) is 14.7 Å². The van der Waals surface area contributed by atoms with E-state index in [2.05, 4.69) is 10.5 Å². The molecule has 6 nitrogen and oxygen atoms in total. The molecule has 21 heavy (non-hydrogen) atoms. The lowest BCUT2D eigenvalue weighted by Crippen LogP contribution is -2.38. The number of methoxy groups -OCH3 is 1.